The molecule has 0 saturated heterocycles. The van der Waals surface area contributed by atoms with Crippen LogP contribution in [0.4, 0.5) is 0 Å². The molecule has 1 aromatic carbocycles. The molecule has 0 fully saturated rings. The second kappa shape index (κ2) is 4.88. The summed E-state index contributed by atoms with van der Waals surface area (Å²) in [7, 11) is 0. The molecule has 0 aliphatic carbocycles. The third-order valence-electron chi connectivity index (χ3n) is 1.51. The molecule has 0 spiro atoms. The second-order valence-electron chi connectivity index (χ2n) is 2.39. The number of ether oxygens (including phenoxy) is 1. The first-order chi connectivity index (χ1) is 6.16. The summed E-state index contributed by atoms with van der Waals surface area (Å²) < 4.78 is 6.84. The van der Waals surface area contributed by atoms with Crippen LogP contribution in [0.3, 0.4) is 0 Å². The van der Waals surface area contributed by atoms with Crippen molar-refractivity contribution >= 4 is 48.4 Å². The van der Waals surface area contributed by atoms with Gasteiger partial charge >= 0.3 is 95.2 Å². The molecule has 0 aliphatic rings. The minimum atomic E-state index is -0.258. The Bertz CT molecular complexity index is 323. The van der Waals surface area contributed by atoms with Crippen LogP contribution < -0.4 is 8.70 Å². The molecule has 4 radical (unpaired) electrons. The maximum atomic E-state index is 11.4. The molecular formula is C9H8As2O2. The molecule has 0 aliphatic heterocycles. The third kappa shape index (κ3) is 2.62. The Kier molecular flexibility index (Phi) is 4.09. The van der Waals surface area contributed by atoms with Gasteiger partial charge in [-0.15, -0.1) is 0 Å². The van der Waals surface area contributed by atoms with Crippen LogP contribution in [0.1, 0.15) is 17.3 Å². The monoisotopic (exact) mass is 298 g/mol. The van der Waals surface area contributed by atoms with Gasteiger partial charge in [0.2, 0.25) is 0 Å². The third-order valence-corrected chi connectivity index (χ3v) is 4.13. The minimum absolute atomic E-state index is 0.258. The zero-order chi connectivity index (χ0) is 9.84. The molecule has 66 valence electrons. The fourth-order valence-electron chi connectivity index (χ4n) is 0.905. The van der Waals surface area contributed by atoms with E-state index in [1.807, 2.05) is 12.1 Å². The number of benzene rings is 1. The maximum absolute atomic E-state index is 11.4. The van der Waals surface area contributed by atoms with Crippen molar-refractivity contribution in [1.82, 2.24) is 0 Å². The summed E-state index contributed by atoms with van der Waals surface area (Å²) in [6.45, 7) is 2.21. The molecule has 0 aromatic heterocycles. The van der Waals surface area contributed by atoms with E-state index in [1.165, 1.54) is 0 Å². The van der Waals surface area contributed by atoms with E-state index in [0.29, 0.717) is 12.2 Å². The Labute approximate surface area is 95.0 Å². The Morgan fingerprint density at radius 3 is 2.77 bits per heavy atom. The molecule has 0 N–H and O–H groups in total. The van der Waals surface area contributed by atoms with Gasteiger partial charge in [0, 0.05) is 0 Å². The van der Waals surface area contributed by atoms with Crippen LogP contribution in [0, 0.1) is 0 Å². The predicted molar refractivity (Wildman–Crippen MR) is 53.2 cm³/mol. The number of rotatable bonds is 2. The summed E-state index contributed by atoms with van der Waals surface area (Å²) >= 11 is 4.82. The Morgan fingerprint density at radius 2 is 2.15 bits per heavy atom. The van der Waals surface area contributed by atoms with Crippen molar-refractivity contribution in [2.45, 2.75) is 6.92 Å². The summed E-state index contributed by atoms with van der Waals surface area (Å²) in [4.78, 5) is 11.4. The molecule has 0 unspecified atom stereocenters. The van der Waals surface area contributed by atoms with Gasteiger partial charge in [-0.2, -0.15) is 0 Å². The molecule has 0 atom stereocenters. The molecule has 1 aromatic rings. The van der Waals surface area contributed by atoms with Crippen LogP contribution in [0.15, 0.2) is 18.2 Å². The Morgan fingerprint density at radius 1 is 1.46 bits per heavy atom. The van der Waals surface area contributed by atoms with Crippen molar-refractivity contribution < 1.29 is 9.53 Å². The Hall–Kier alpha value is -0.193. The quantitative estimate of drug-likeness (QED) is 0.541. The van der Waals surface area contributed by atoms with Crippen LogP contribution in [-0.2, 0) is 4.74 Å². The molecule has 0 saturated carbocycles. The van der Waals surface area contributed by atoms with Gasteiger partial charge in [-0.05, 0) is 0 Å². The molecular weight excluding hydrogens is 290 g/mol. The van der Waals surface area contributed by atoms with Crippen LogP contribution >= 0.6 is 0 Å². The average molecular weight is 298 g/mol. The van der Waals surface area contributed by atoms with E-state index < -0.39 is 0 Å². The van der Waals surface area contributed by atoms with E-state index in [0.717, 1.165) is 8.70 Å². The van der Waals surface area contributed by atoms with E-state index in [9.17, 15) is 4.79 Å². The summed E-state index contributed by atoms with van der Waals surface area (Å²) in [6.07, 6.45) is 0. The normalized spacial score (nSPS) is 9.77. The van der Waals surface area contributed by atoms with Gasteiger partial charge in [0.05, 0.1) is 0 Å². The van der Waals surface area contributed by atoms with Crippen LogP contribution in [-0.4, -0.2) is 46.3 Å². The number of carbonyl (C=O) groups is 1. The summed E-state index contributed by atoms with van der Waals surface area (Å²) in [6, 6.07) is 5.55. The van der Waals surface area contributed by atoms with Gasteiger partial charge in [-0.1, -0.05) is 0 Å². The molecule has 2 nitrogen and oxygen atoms in total. The van der Waals surface area contributed by atoms with Crippen molar-refractivity contribution in [3.63, 3.8) is 0 Å². The van der Waals surface area contributed by atoms with E-state index >= 15 is 0 Å². The Balaban J connectivity index is 3.01. The first-order valence-electron chi connectivity index (χ1n) is 3.85. The molecule has 4 heteroatoms. The van der Waals surface area contributed by atoms with E-state index in [1.54, 1.807) is 13.0 Å². The first kappa shape index (κ1) is 10.9. The molecule has 0 heterocycles. The summed E-state index contributed by atoms with van der Waals surface area (Å²) in [5, 5.41) is 0. The van der Waals surface area contributed by atoms with E-state index in [4.69, 9.17) is 4.74 Å². The number of carbonyl (C=O) groups excluding carboxylic acids is 1. The van der Waals surface area contributed by atoms with Gasteiger partial charge < -0.3 is 0 Å². The van der Waals surface area contributed by atoms with Crippen LogP contribution in [0.2, 0.25) is 0 Å². The number of esters is 1. The SMILES string of the molecule is CCOC(=O)c1cccc([As])c1[As]. The molecule has 0 amide bonds. The summed E-state index contributed by atoms with van der Waals surface area (Å²) in [5.74, 6) is -0.258. The van der Waals surface area contributed by atoms with Crippen LogP contribution in [0.25, 0.3) is 0 Å². The zero-order valence-electron chi connectivity index (χ0n) is 7.15. The van der Waals surface area contributed by atoms with E-state index in [-0.39, 0.29) is 5.97 Å². The van der Waals surface area contributed by atoms with E-state index in [2.05, 4.69) is 33.7 Å². The number of hydrogen-bond donors (Lipinski definition) is 0. The fourth-order valence-corrected chi connectivity index (χ4v) is 1.84. The fraction of sp³-hybridized carbons (Fsp3) is 0.222. The van der Waals surface area contributed by atoms with Gasteiger partial charge in [0.1, 0.15) is 0 Å². The van der Waals surface area contributed by atoms with Crippen molar-refractivity contribution in [1.29, 1.82) is 0 Å². The number of hydrogen-bond acceptors (Lipinski definition) is 2. The van der Waals surface area contributed by atoms with Gasteiger partial charge in [-0.3, -0.25) is 0 Å². The van der Waals surface area contributed by atoms with Crippen molar-refractivity contribution in [2.24, 2.45) is 0 Å². The van der Waals surface area contributed by atoms with Crippen molar-refractivity contribution in [2.75, 3.05) is 6.61 Å². The van der Waals surface area contributed by atoms with Crippen molar-refractivity contribution in [3.05, 3.63) is 23.8 Å². The topological polar surface area (TPSA) is 26.3 Å². The van der Waals surface area contributed by atoms with Crippen molar-refractivity contribution in [3.8, 4) is 0 Å². The van der Waals surface area contributed by atoms with Gasteiger partial charge in [0.25, 0.3) is 0 Å². The van der Waals surface area contributed by atoms with Gasteiger partial charge in [0.15, 0.2) is 0 Å². The van der Waals surface area contributed by atoms with Gasteiger partial charge in [-0.25, -0.2) is 0 Å². The standard InChI is InChI=1S/C9H8As2O2/c1-2-13-9(12)6-4-3-5-7(10)8(6)11/h3-5H,2H2,1H3. The van der Waals surface area contributed by atoms with Crippen LogP contribution in [0.5, 0.6) is 0 Å². The average Bonchev–Trinajstić information content (AvgIpc) is 2.10. The molecule has 0 bridgehead atoms. The summed E-state index contributed by atoms with van der Waals surface area (Å²) in [5.41, 5.74) is 0.625. The zero-order valence-corrected chi connectivity index (χ0v) is 10.9. The molecule has 13 heavy (non-hydrogen) atoms. The predicted octanol–water partition coefficient (Wildman–Crippen LogP) is -0.549. The second-order valence-corrected chi connectivity index (χ2v) is 4.34. The first-order valence-corrected chi connectivity index (χ1v) is 5.72. The molecule has 1 rings (SSSR count).